The molecule has 0 radical (unpaired) electrons. The molecule has 4 nitrogen and oxygen atoms in total. The number of nitrogens with one attached hydrogen (secondary N) is 3. The fraction of sp³-hybridized carbons (Fsp3) is 0.588. The molecule has 1 heterocycles. The number of rotatable bonds is 3. The SMILES string of the molecule is CC1CC(C)CC(NC(C)c2ccc3[nH]c(=O)[nH]c3c2)C1. The van der Waals surface area contributed by atoms with E-state index in [-0.39, 0.29) is 5.69 Å². The molecule has 114 valence electrons. The highest BCUT2D eigenvalue weighted by molar-refractivity contribution is 5.75. The molecule has 1 aliphatic carbocycles. The van der Waals surface area contributed by atoms with E-state index in [9.17, 15) is 4.79 Å². The number of hydrogen-bond donors (Lipinski definition) is 3. The quantitative estimate of drug-likeness (QED) is 0.811. The maximum atomic E-state index is 11.3. The predicted molar refractivity (Wildman–Crippen MR) is 86.4 cm³/mol. The lowest BCUT2D eigenvalue weighted by Crippen LogP contribution is -2.37. The van der Waals surface area contributed by atoms with Gasteiger partial charge >= 0.3 is 5.69 Å². The minimum Gasteiger partial charge on any atom is -0.307 e. The maximum Gasteiger partial charge on any atom is 0.323 e. The van der Waals surface area contributed by atoms with Crippen molar-refractivity contribution in [2.45, 2.75) is 52.1 Å². The molecular weight excluding hydrogens is 262 g/mol. The highest BCUT2D eigenvalue weighted by atomic mass is 16.1. The lowest BCUT2D eigenvalue weighted by molar-refractivity contribution is 0.228. The Morgan fingerprint density at radius 3 is 2.48 bits per heavy atom. The summed E-state index contributed by atoms with van der Waals surface area (Å²) in [5.74, 6) is 1.61. The van der Waals surface area contributed by atoms with E-state index < -0.39 is 0 Å². The molecule has 0 bridgehead atoms. The number of imidazole rings is 1. The molecular formula is C17H25N3O. The second-order valence-corrected chi connectivity index (χ2v) is 6.89. The van der Waals surface area contributed by atoms with Gasteiger partial charge in [-0.3, -0.25) is 0 Å². The standard InChI is InChI=1S/C17H25N3O/c1-10-6-11(2)8-14(7-10)18-12(3)13-4-5-15-16(9-13)20-17(21)19-15/h4-5,9-12,14,18H,6-8H2,1-3H3,(H2,19,20,21). The fourth-order valence-electron chi connectivity index (χ4n) is 3.85. The second kappa shape index (κ2) is 5.68. The first kappa shape index (κ1) is 14.4. The summed E-state index contributed by atoms with van der Waals surface area (Å²) in [6.07, 6.45) is 3.87. The van der Waals surface area contributed by atoms with Crippen LogP contribution in [-0.2, 0) is 0 Å². The topological polar surface area (TPSA) is 60.7 Å². The largest absolute Gasteiger partial charge is 0.323 e. The first-order valence-corrected chi connectivity index (χ1v) is 7.99. The van der Waals surface area contributed by atoms with Crippen LogP contribution in [0.5, 0.6) is 0 Å². The number of hydrogen-bond acceptors (Lipinski definition) is 2. The van der Waals surface area contributed by atoms with Crippen molar-refractivity contribution in [3.05, 3.63) is 34.2 Å². The van der Waals surface area contributed by atoms with Gasteiger partial charge in [0, 0.05) is 12.1 Å². The summed E-state index contributed by atoms with van der Waals surface area (Å²) in [6, 6.07) is 7.04. The summed E-state index contributed by atoms with van der Waals surface area (Å²) in [5.41, 5.74) is 2.84. The molecule has 21 heavy (non-hydrogen) atoms. The molecule has 1 aromatic carbocycles. The predicted octanol–water partition coefficient (Wildman–Crippen LogP) is 3.33. The van der Waals surface area contributed by atoms with E-state index in [4.69, 9.17) is 0 Å². The van der Waals surface area contributed by atoms with Crippen LogP contribution in [0.3, 0.4) is 0 Å². The van der Waals surface area contributed by atoms with Crippen LogP contribution in [0.15, 0.2) is 23.0 Å². The van der Waals surface area contributed by atoms with E-state index in [0.717, 1.165) is 22.9 Å². The molecule has 0 amide bonds. The number of aromatic amines is 2. The van der Waals surface area contributed by atoms with Crippen LogP contribution in [0.1, 0.15) is 51.6 Å². The Morgan fingerprint density at radius 1 is 1.10 bits per heavy atom. The third kappa shape index (κ3) is 3.21. The zero-order chi connectivity index (χ0) is 15.0. The highest BCUT2D eigenvalue weighted by Crippen LogP contribution is 2.30. The van der Waals surface area contributed by atoms with E-state index in [1.54, 1.807) is 0 Å². The third-order valence-corrected chi connectivity index (χ3v) is 4.70. The molecule has 1 aromatic heterocycles. The van der Waals surface area contributed by atoms with Crippen LogP contribution >= 0.6 is 0 Å². The maximum absolute atomic E-state index is 11.3. The van der Waals surface area contributed by atoms with Crippen molar-refractivity contribution in [2.75, 3.05) is 0 Å². The highest BCUT2D eigenvalue weighted by Gasteiger charge is 2.25. The van der Waals surface area contributed by atoms with Gasteiger partial charge in [0.2, 0.25) is 0 Å². The monoisotopic (exact) mass is 287 g/mol. The summed E-state index contributed by atoms with van der Waals surface area (Å²) >= 11 is 0. The van der Waals surface area contributed by atoms with Gasteiger partial charge in [-0.1, -0.05) is 19.9 Å². The molecule has 0 aliphatic heterocycles. The second-order valence-electron chi connectivity index (χ2n) is 6.89. The van der Waals surface area contributed by atoms with Gasteiger partial charge in [-0.25, -0.2) is 4.79 Å². The van der Waals surface area contributed by atoms with Crippen LogP contribution in [-0.4, -0.2) is 16.0 Å². The molecule has 1 saturated carbocycles. The fourth-order valence-corrected chi connectivity index (χ4v) is 3.85. The summed E-state index contributed by atoms with van der Waals surface area (Å²) in [4.78, 5) is 17.0. The minimum atomic E-state index is -0.141. The van der Waals surface area contributed by atoms with Crippen molar-refractivity contribution < 1.29 is 0 Å². The zero-order valence-electron chi connectivity index (χ0n) is 13.1. The molecule has 1 fully saturated rings. The van der Waals surface area contributed by atoms with Crippen molar-refractivity contribution in [2.24, 2.45) is 11.8 Å². The summed E-state index contributed by atoms with van der Waals surface area (Å²) in [7, 11) is 0. The zero-order valence-corrected chi connectivity index (χ0v) is 13.1. The van der Waals surface area contributed by atoms with E-state index in [2.05, 4.69) is 48.2 Å². The van der Waals surface area contributed by atoms with Gasteiger partial charge in [0.05, 0.1) is 11.0 Å². The summed E-state index contributed by atoms with van der Waals surface area (Å²) in [6.45, 7) is 6.91. The average molecular weight is 287 g/mol. The van der Waals surface area contributed by atoms with Crippen LogP contribution < -0.4 is 11.0 Å². The molecule has 3 rings (SSSR count). The Hall–Kier alpha value is -1.55. The van der Waals surface area contributed by atoms with Crippen molar-refractivity contribution in [1.82, 2.24) is 15.3 Å². The molecule has 0 saturated heterocycles. The Morgan fingerprint density at radius 2 is 1.76 bits per heavy atom. The normalized spacial score (nSPS) is 27.9. The van der Waals surface area contributed by atoms with E-state index in [0.29, 0.717) is 12.1 Å². The average Bonchev–Trinajstić information content (AvgIpc) is 2.76. The molecule has 3 unspecified atom stereocenters. The smallest absolute Gasteiger partial charge is 0.307 e. The first-order valence-electron chi connectivity index (χ1n) is 7.99. The number of H-pyrrole nitrogens is 2. The van der Waals surface area contributed by atoms with Crippen LogP contribution in [0, 0.1) is 11.8 Å². The van der Waals surface area contributed by atoms with Crippen molar-refractivity contribution in [3.63, 3.8) is 0 Å². The Bertz CT molecular complexity index is 662. The van der Waals surface area contributed by atoms with Crippen molar-refractivity contribution in [1.29, 1.82) is 0 Å². The van der Waals surface area contributed by atoms with Crippen molar-refractivity contribution >= 4 is 11.0 Å². The molecule has 3 atom stereocenters. The van der Waals surface area contributed by atoms with Gasteiger partial charge in [0.25, 0.3) is 0 Å². The van der Waals surface area contributed by atoms with Gasteiger partial charge in [-0.2, -0.15) is 0 Å². The molecule has 4 heteroatoms. The van der Waals surface area contributed by atoms with Gasteiger partial charge in [-0.05, 0) is 55.7 Å². The molecule has 0 spiro atoms. The number of fused-ring (bicyclic) bond motifs is 1. The van der Waals surface area contributed by atoms with Crippen molar-refractivity contribution in [3.8, 4) is 0 Å². The minimum absolute atomic E-state index is 0.141. The van der Waals surface area contributed by atoms with Crippen LogP contribution in [0.25, 0.3) is 11.0 Å². The third-order valence-electron chi connectivity index (χ3n) is 4.70. The van der Waals surface area contributed by atoms with Crippen LogP contribution in [0.4, 0.5) is 0 Å². The van der Waals surface area contributed by atoms with Gasteiger partial charge in [0.15, 0.2) is 0 Å². The summed E-state index contributed by atoms with van der Waals surface area (Å²) in [5, 5.41) is 3.77. The van der Waals surface area contributed by atoms with E-state index >= 15 is 0 Å². The molecule has 3 N–H and O–H groups in total. The Labute approximate surface area is 125 Å². The lowest BCUT2D eigenvalue weighted by atomic mass is 9.80. The first-order chi connectivity index (χ1) is 10.0. The van der Waals surface area contributed by atoms with E-state index in [1.165, 1.54) is 24.8 Å². The summed E-state index contributed by atoms with van der Waals surface area (Å²) < 4.78 is 0. The van der Waals surface area contributed by atoms with Gasteiger partial charge in [-0.15, -0.1) is 0 Å². The van der Waals surface area contributed by atoms with Gasteiger partial charge in [0.1, 0.15) is 0 Å². The Balaban J connectivity index is 1.73. The number of aromatic nitrogens is 2. The molecule has 2 aromatic rings. The number of benzene rings is 1. The Kier molecular flexibility index (Phi) is 3.89. The van der Waals surface area contributed by atoms with Gasteiger partial charge < -0.3 is 15.3 Å². The lowest BCUT2D eigenvalue weighted by Gasteiger charge is -2.34. The van der Waals surface area contributed by atoms with E-state index in [1.807, 2.05) is 6.07 Å². The molecule has 1 aliphatic rings. The van der Waals surface area contributed by atoms with Crippen LogP contribution in [0.2, 0.25) is 0 Å².